The highest BCUT2D eigenvalue weighted by Gasteiger charge is 2.16. The summed E-state index contributed by atoms with van der Waals surface area (Å²) < 4.78 is 0. The Morgan fingerprint density at radius 3 is 2.12 bits per heavy atom. The molecular formula is C18H18N2O4. The number of carbonyl (C=O) groups excluding carboxylic acids is 2. The van der Waals surface area contributed by atoms with Gasteiger partial charge in [0.25, 0.3) is 11.8 Å². The van der Waals surface area contributed by atoms with Crippen LogP contribution in [0.15, 0.2) is 48.5 Å². The molecule has 0 spiro atoms. The van der Waals surface area contributed by atoms with Crippen molar-refractivity contribution in [1.29, 1.82) is 0 Å². The fourth-order valence-corrected chi connectivity index (χ4v) is 2.11. The largest absolute Gasteiger partial charge is 0.478 e. The van der Waals surface area contributed by atoms with E-state index in [1.165, 1.54) is 12.1 Å². The van der Waals surface area contributed by atoms with Gasteiger partial charge in [0.2, 0.25) is 0 Å². The van der Waals surface area contributed by atoms with Crippen LogP contribution >= 0.6 is 0 Å². The summed E-state index contributed by atoms with van der Waals surface area (Å²) in [5.74, 6) is -1.86. The van der Waals surface area contributed by atoms with Gasteiger partial charge in [-0.25, -0.2) is 4.79 Å². The maximum absolute atomic E-state index is 12.2. The van der Waals surface area contributed by atoms with Gasteiger partial charge < -0.3 is 15.7 Å². The van der Waals surface area contributed by atoms with Gasteiger partial charge in [0.1, 0.15) is 0 Å². The minimum absolute atomic E-state index is 0.0643. The molecule has 124 valence electrons. The van der Waals surface area contributed by atoms with Crippen molar-refractivity contribution in [3.8, 4) is 0 Å². The predicted octanol–water partition coefficient (Wildman–Crippen LogP) is 2.78. The average molecular weight is 326 g/mol. The molecule has 0 saturated heterocycles. The summed E-state index contributed by atoms with van der Waals surface area (Å²) in [6.45, 7) is 2.57. The summed E-state index contributed by atoms with van der Waals surface area (Å²) >= 11 is 0. The molecule has 0 saturated carbocycles. The Balaban J connectivity index is 2.10. The Morgan fingerprint density at radius 1 is 0.917 bits per heavy atom. The van der Waals surface area contributed by atoms with Gasteiger partial charge in [0.15, 0.2) is 0 Å². The molecule has 24 heavy (non-hydrogen) atoms. The third kappa shape index (κ3) is 4.19. The van der Waals surface area contributed by atoms with Crippen molar-refractivity contribution in [2.24, 2.45) is 0 Å². The van der Waals surface area contributed by atoms with Crippen LogP contribution in [0, 0.1) is 0 Å². The van der Waals surface area contributed by atoms with E-state index in [1.807, 2.05) is 6.92 Å². The number of carboxylic acids is 1. The number of carboxylic acid groups (broad SMARTS) is 1. The summed E-state index contributed by atoms with van der Waals surface area (Å²) in [6, 6.07) is 12.4. The number of rotatable bonds is 6. The molecule has 0 fully saturated rings. The standard InChI is InChI=1S/C18H18N2O4/c1-2-11-19-16(21)12-7-9-13(10-8-12)20-17(22)14-5-3-4-6-15(14)18(23)24/h3-10H,2,11H2,1H3,(H,19,21)(H,20,22)(H,23,24). The van der Waals surface area contributed by atoms with Crippen LogP contribution < -0.4 is 10.6 Å². The summed E-state index contributed by atoms with van der Waals surface area (Å²) in [7, 11) is 0. The van der Waals surface area contributed by atoms with Gasteiger partial charge in [-0.1, -0.05) is 19.1 Å². The van der Waals surface area contributed by atoms with Gasteiger partial charge >= 0.3 is 5.97 Å². The number of anilines is 1. The van der Waals surface area contributed by atoms with Crippen LogP contribution in [0.2, 0.25) is 0 Å². The molecule has 0 aliphatic carbocycles. The fourth-order valence-electron chi connectivity index (χ4n) is 2.11. The van der Waals surface area contributed by atoms with E-state index in [0.717, 1.165) is 6.42 Å². The first kappa shape index (κ1) is 17.2. The fraction of sp³-hybridized carbons (Fsp3) is 0.167. The smallest absolute Gasteiger partial charge is 0.336 e. The van der Waals surface area contributed by atoms with Crippen molar-refractivity contribution < 1.29 is 19.5 Å². The van der Waals surface area contributed by atoms with E-state index < -0.39 is 11.9 Å². The molecule has 2 amide bonds. The summed E-state index contributed by atoms with van der Waals surface area (Å²) in [5.41, 5.74) is 0.986. The highest BCUT2D eigenvalue weighted by molar-refractivity contribution is 6.10. The first-order chi connectivity index (χ1) is 11.5. The molecule has 0 bridgehead atoms. The lowest BCUT2D eigenvalue weighted by Crippen LogP contribution is -2.23. The van der Waals surface area contributed by atoms with E-state index in [0.29, 0.717) is 17.8 Å². The van der Waals surface area contributed by atoms with Crippen molar-refractivity contribution in [2.45, 2.75) is 13.3 Å². The van der Waals surface area contributed by atoms with Gasteiger partial charge in [0.05, 0.1) is 11.1 Å². The van der Waals surface area contributed by atoms with E-state index in [9.17, 15) is 14.4 Å². The predicted molar refractivity (Wildman–Crippen MR) is 90.4 cm³/mol. The van der Waals surface area contributed by atoms with Crippen LogP contribution in [0.3, 0.4) is 0 Å². The van der Waals surface area contributed by atoms with E-state index in [-0.39, 0.29) is 17.0 Å². The molecule has 2 aromatic carbocycles. The van der Waals surface area contributed by atoms with Crippen LogP contribution in [0.25, 0.3) is 0 Å². The molecule has 6 heteroatoms. The van der Waals surface area contributed by atoms with Crippen molar-refractivity contribution >= 4 is 23.5 Å². The van der Waals surface area contributed by atoms with Crippen LogP contribution in [0.5, 0.6) is 0 Å². The minimum Gasteiger partial charge on any atom is -0.478 e. The number of carbonyl (C=O) groups is 3. The van der Waals surface area contributed by atoms with Crippen LogP contribution in [-0.2, 0) is 0 Å². The molecule has 0 aliphatic rings. The average Bonchev–Trinajstić information content (AvgIpc) is 2.60. The molecule has 6 nitrogen and oxygen atoms in total. The molecule has 0 atom stereocenters. The molecule has 0 unspecified atom stereocenters. The van der Waals surface area contributed by atoms with E-state index in [4.69, 9.17) is 5.11 Å². The zero-order chi connectivity index (χ0) is 17.5. The Kier molecular flexibility index (Phi) is 5.68. The third-order valence-electron chi connectivity index (χ3n) is 3.34. The minimum atomic E-state index is -1.16. The number of hydrogen-bond donors (Lipinski definition) is 3. The zero-order valence-electron chi connectivity index (χ0n) is 13.2. The maximum Gasteiger partial charge on any atom is 0.336 e. The van der Waals surface area contributed by atoms with Crippen LogP contribution in [0.1, 0.15) is 44.4 Å². The Bertz CT molecular complexity index is 754. The lowest BCUT2D eigenvalue weighted by Gasteiger charge is -2.09. The van der Waals surface area contributed by atoms with Gasteiger partial charge in [-0.3, -0.25) is 9.59 Å². The first-order valence-corrected chi connectivity index (χ1v) is 7.55. The second-order valence-electron chi connectivity index (χ2n) is 5.14. The first-order valence-electron chi connectivity index (χ1n) is 7.55. The van der Waals surface area contributed by atoms with Crippen molar-refractivity contribution in [3.63, 3.8) is 0 Å². The molecule has 0 heterocycles. The number of benzene rings is 2. The number of amides is 2. The van der Waals surface area contributed by atoms with Crippen LogP contribution in [-0.4, -0.2) is 29.4 Å². The normalized spacial score (nSPS) is 10.0. The number of hydrogen-bond acceptors (Lipinski definition) is 3. The van der Waals surface area contributed by atoms with Gasteiger partial charge in [-0.2, -0.15) is 0 Å². The third-order valence-corrected chi connectivity index (χ3v) is 3.34. The second-order valence-corrected chi connectivity index (χ2v) is 5.14. The number of aromatic carboxylic acids is 1. The van der Waals surface area contributed by atoms with Crippen LogP contribution in [0.4, 0.5) is 5.69 Å². The molecule has 0 aliphatic heterocycles. The molecule has 0 aromatic heterocycles. The quantitative estimate of drug-likeness (QED) is 0.760. The Morgan fingerprint density at radius 2 is 1.54 bits per heavy atom. The topological polar surface area (TPSA) is 95.5 Å². The van der Waals surface area contributed by atoms with Crippen molar-refractivity contribution in [3.05, 3.63) is 65.2 Å². The SMILES string of the molecule is CCCNC(=O)c1ccc(NC(=O)c2ccccc2C(=O)O)cc1. The van der Waals surface area contributed by atoms with Gasteiger partial charge in [0, 0.05) is 17.8 Å². The summed E-state index contributed by atoms with van der Waals surface area (Å²) in [4.78, 5) is 35.2. The van der Waals surface area contributed by atoms with E-state index >= 15 is 0 Å². The van der Waals surface area contributed by atoms with Crippen molar-refractivity contribution in [2.75, 3.05) is 11.9 Å². The zero-order valence-corrected chi connectivity index (χ0v) is 13.2. The molecule has 0 radical (unpaired) electrons. The highest BCUT2D eigenvalue weighted by atomic mass is 16.4. The molecule has 3 N–H and O–H groups in total. The van der Waals surface area contributed by atoms with E-state index in [2.05, 4.69) is 10.6 Å². The molecule has 2 aromatic rings. The van der Waals surface area contributed by atoms with Crippen molar-refractivity contribution in [1.82, 2.24) is 5.32 Å². The summed E-state index contributed by atoms with van der Waals surface area (Å²) in [5, 5.41) is 14.5. The highest BCUT2D eigenvalue weighted by Crippen LogP contribution is 2.14. The van der Waals surface area contributed by atoms with Gasteiger partial charge in [-0.05, 0) is 42.8 Å². The Hall–Kier alpha value is -3.15. The second kappa shape index (κ2) is 7.92. The molecule has 2 rings (SSSR count). The van der Waals surface area contributed by atoms with Gasteiger partial charge in [-0.15, -0.1) is 0 Å². The lowest BCUT2D eigenvalue weighted by molar-refractivity contribution is 0.0692. The maximum atomic E-state index is 12.2. The Labute approximate surface area is 139 Å². The number of nitrogens with one attached hydrogen (secondary N) is 2. The summed E-state index contributed by atoms with van der Waals surface area (Å²) in [6.07, 6.45) is 0.850. The van der Waals surface area contributed by atoms with E-state index in [1.54, 1.807) is 36.4 Å². The monoisotopic (exact) mass is 326 g/mol. The molecular weight excluding hydrogens is 308 g/mol. The lowest BCUT2D eigenvalue weighted by atomic mass is 10.1.